The van der Waals surface area contributed by atoms with Crippen LogP contribution in [0, 0.1) is 16.0 Å². The number of nitrogens with one attached hydrogen (secondary N) is 2. The lowest BCUT2D eigenvalue weighted by Gasteiger charge is -2.03. The largest absolute Gasteiger partial charge is 0.309 e. The Labute approximate surface area is 127 Å². The van der Waals surface area contributed by atoms with Gasteiger partial charge in [-0.05, 0) is 12.3 Å². The number of nitro groups is 1. The van der Waals surface area contributed by atoms with Gasteiger partial charge in [0.05, 0.1) is 10.6 Å². The van der Waals surface area contributed by atoms with Gasteiger partial charge in [-0.15, -0.1) is 0 Å². The molecule has 1 aromatic carbocycles. The number of nitrogens with zero attached hydrogens (tertiary/aromatic N) is 2. The quantitative estimate of drug-likeness (QED) is 0.631. The van der Waals surface area contributed by atoms with Crippen molar-refractivity contribution in [2.45, 2.75) is 26.7 Å². The molecule has 0 atom stereocenters. The third-order valence-electron chi connectivity index (χ3n) is 3.16. The molecular formula is C15H18N4O3. The summed E-state index contributed by atoms with van der Waals surface area (Å²) in [5, 5.41) is 20.3. The van der Waals surface area contributed by atoms with Crippen LogP contribution in [0.15, 0.2) is 30.3 Å². The van der Waals surface area contributed by atoms with Gasteiger partial charge in [-0.1, -0.05) is 26.0 Å². The van der Waals surface area contributed by atoms with E-state index in [1.54, 1.807) is 18.2 Å². The summed E-state index contributed by atoms with van der Waals surface area (Å²) in [6, 6.07) is 7.89. The van der Waals surface area contributed by atoms with Crippen molar-refractivity contribution in [1.29, 1.82) is 0 Å². The summed E-state index contributed by atoms with van der Waals surface area (Å²) in [7, 11) is 0. The highest BCUT2D eigenvalue weighted by Gasteiger charge is 2.11. The van der Waals surface area contributed by atoms with E-state index in [1.165, 1.54) is 12.1 Å². The molecule has 0 fully saturated rings. The molecule has 2 N–H and O–H groups in total. The van der Waals surface area contributed by atoms with Crippen LogP contribution in [0.3, 0.4) is 0 Å². The fourth-order valence-electron chi connectivity index (χ4n) is 1.95. The molecule has 1 amide bonds. The molecule has 22 heavy (non-hydrogen) atoms. The first-order valence-corrected chi connectivity index (χ1v) is 7.06. The van der Waals surface area contributed by atoms with Crippen molar-refractivity contribution >= 4 is 17.4 Å². The lowest BCUT2D eigenvalue weighted by molar-refractivity contribution is -0.384. The van der Waals surface area contributed by atoms with Crippen LogP contribution in [-0.4, -0.2) is 21.0 Å². The first-order chi connectivity index (χ1) is 10.5. The third kappa shape index (κ3) is 4.15. The molecule has 7 nitrogen and oxygen atoms in total. The Morgan fingerprint density at radius 1 is 1.41 bits per heavy atom. The zero-order chi connectivity index (χ0) is 16.1. The van der Waals surface area contributed by atoms with Gasteiger partial charge in [0, 0.05) is 30.2 Å². The number of carbonyl (C=O) groups excluding carboxylic acids is 1. The van der Waals surface area contributed by atoms with Gasteiger partial charge in [0.1, 0.15) is 0 Å². The van der Waals surface area contributed by atoms with Crippen LogP contribution in [0.5, 0.6) is 0 Å². The normalized spacial score (nSPS) is 10.7. The lowest BCUT2D eigenvalue weighted by atomic mass is 10.1. The Morgan fingerprint density at radius 3 is 2.86 bits per heavy atom. The van der Waals surface area contributed by atoms with Gasteiger partial charge in [0.2, 0.25) is 5.91 Å². The second kappa shape index (κ2) is 6.84. The van der Waals surface area contributed by atoms with Crippen LogP contribution < -0.4 is 5.32 Å². The molecule has 0 bridgehead atoms. The van der Waals surface area contributed by atoms with E-state index in [2.05, 4.69) is 29.4 Å². The van der Waals surface area contributed by atoms with Crippen LogP contribution in [0.1, 0.15) is 26.7 Å². The van der Waals surface area contributed by atoms with Crippen molar-refractivity contribution in [3.63, 3.8) is 0 Å². The summed E-state index contributed by atoms with van der Waals surface area (Å²) in [6.45, 7) is 4.12. The molecule has 0 aliphatic rings. The maximum Gasteiger partial charge on any atom is 0.270 e. The third-order valence-corrected chi connectivity index (χ3v) is 3.16. The smallest absolute Gasteiger partial charge is 0.270 e. The average molecular weight is 302 g/mol. The summed E-state index contributed by atoms with van der Waals surface area (Å²) in [5.74, 6) is 0.784. The molecule has 0 aliphatic heterocycles. The number of benzene rings is 1. The fourth-order valence-corrected chi connectivity index (χ4v) is 1.95. The average Bonchev–Trinajstić information content (AvgIpc) is 2.93. The van der Waals surface area contributed by atoms with E-state index in [-0.39, 0.29) is 11.6 Å². The van der Waals surface area contributed by atoms with Crippen molar-refractivity contribution in [2.24, 2.45) is 5.92 Å². The van der Waals surface area contributed by atoms with Crippen molar-refractivity contribution in [1.82, 2.24) is 10.2 Å². The van der Waals surface area contributed by atoms with E-state index < -0.39 is 4.92 Å². The molecule has 116 valence electrons. The first-order valence-electron chi connectivity index (χ1n) is 7.06. The minimum atomic E-state index is -0.450. The summed E-state index contributed by atoms with van der Waals surface area (Å²) < 4.78 is 0. The van der Waals surface area contributed by atoms with Crippen molar-refractivity contribution < 1.29 is 9.72 Å². The molecule has 1 aromatic heterocycles. The van der Waals surface area contributed by atoms with Gasteiger partial charge in [0.25, 0.3) is 5.69 Å². The lowest BCUT2D eigenvalue weighted by Crippen LogP contribution is -2.12. The van der Waals surface area contributed by atoms with E-state index in [1.807, 2.05) is 0 Å². The number of hydrogen-bond donors (Lipinski definition) is 2. The molecule has 0 aliphatic carbocycles. The number of nitro benzene ring substituents is 1. The van der Waals surface area contributed by atoms with Crippen molar-refractivity contribution in [2.75, 3.05) is 5.32 Å². The maximum absolute atomic E-state index is 11.8. The SMILES string of the molecule is CC(C)CCC(=O)Nc1cc(-c2cccc([N+](=O)[O-])c2)[nH]n1. The van der Waals surface area contributed by atoms with E-state index in [0.29, 0.717) is 29.4 Å². The molecule has 0 saturated carbocycles. The Balaban J connectivity index is 2.06. The Hall–Kier alpha value is -2.70. The number of H-pyrrole nitrogens is 1. The number of aromatic nitrogens is 2. The number of rotatable bonds is 6. The number of anilines is 1. The predicted octanol–water partition coefficient (Wildman–Crippen LogP) is 3.36. The van der Waals surface area contributed by atoms with Crippen LogP contribution in [-0.2, 0) is 4.79 Å². The zero-order valence-corrected chi connectivity index (χ0v) is 12.5. The van der Waals surface area contributed by atoms with Gasteiger partial charge in [0.15, 0.2) is 5.82 Å². The molecule has 0 radical (unpaired) electrons. The number of hydrogen-bond acceptors (Lipinski definition) is 4. The topological polar surface area (TPSA) is 101 Å². The Kier molecular flexibility index (Phi) is 4.88. The summed E-state index contributed by atoms with van der Waals surface area (Å²) >= 11 is 0. The van der Waals surface area contributed by atoms with Gasteiger partial charge < -0.3 is 5.32 Å². The highest BCUT2D eigenvalue weighted by molar-refractivity contribution is 5.90. The van der Waals surface area contributed by atoms with Crippen LogP contribution in [0.25, 0.3) is 11.3 Å². The van der Waals surface area contributed by atoms with Crippen molar-refractivity contribution in [3.05, 3.63) is 40.4 Å². The summed E-state index contributed by atoms with van der Waals surface area (Å²) in [6.07, 6.45) is 1.25. The number of amides is 1. The minimum Gasteiger partial charge on any atom is -0.309 e. The number of non-ortho nitro benzene ring substituents is 1. The second-order valence-electron chi connectivity index (χ2n) is 5.45. The maximum atomic E-state index is 11.8. The van der Waals surface area contributed by atoms with E-state index in [9.17, 15) is 14.9 Å². The summed E-state index contributed by atoms with van der Waals surface area (Å²) in [4.78, 5) is 22.1. The van der Waals surface area contributed by atoms with Crippen LogP contribution in [0.2, 0.25) is 0 Å². The van der Waals surface area contributed by atoms with Crippen molar-refractivity contribution in [3.8, 4) is 11.3 Å². The van der Waals surface area contributed by atoms with Crippen LogP contribution in [0.4, 0.5) is 11.5 Å². The zero-order valence-electron chi connectivity index (χ0n) is 12.5. The van der Waals surface area contributed by atoms with E-state index in [0.717, 1.165) is 6.42 Å². The monoisotopic (exact) mass is 302 g/mol. The molecule has 1 heterocycles. The number of carbonyl (C=O) groups is 1. The molecule has 0 saturated heterocycles. The molecule has 2 rings (SSSR count). The molecule has 7 heteroatoms. The molecule has 0 spiro atoms. The van der Waals surface area contributed by atoms with Gasteiger partial charge in [-0.2, -0.15) is 5.10 Å². The Morgan fingerprint density at radius 2 is 2.18 bits per heavy atom. The number of aromatic amines is 1. The standard InChI is InChI=1S/C15H18N4O3/c1-10(2)6-7-15(20)16-14-9-13(17-18-14)11-4-3-5-12(8-11)19(21)22/h3-5,8-10H,6-7H2,1-2H3,(H2,16,17,18,20). The fraction of sp³-hybridized carbons (Fsp3) is 0.333. The molecule has 0 unspecified atom stereocenters. The molecular weight excluding hydrogens is 284 g/mol. The highest BCUT2D eigenvalue weighted by Crippen LogP contribution is 2.23. The van der Waals surface area contributed by atoms with Gasteiger partial charge in [-0.3, -0.25) is 20.0 Å². The van der Waals surface area contributed by atoms with E-state index >= 15 is 0 Å². The van der Waals surface area contributed by atoms with Gasteiger partial charge >= 0.3 is 0 Å². The second-order valence-corrected chi connectivity index (χ2v) is 5.45. The first kappa shape index (κ1) is 15.7. The summed E-state index contributed by atoms with van der Waals surface area (Å²) in [5.41, 5.74) is 1.27. The Bertz CT molecular complexity index is 679. The molecule has 2 aromatic rings. The minimum absolute atomic E-state index is 0.00891. The van der Waals surface area contributed by atoms with Gasteiger partial charge in [-0.25, -0.2) is 0 Å². The highest BCUT2D eigenvalue weighted by atomic mass is 16.6. The van der Waals surface area contributed by atoms with E-state index in [4.69, 9.17) is 0 Å². The predicted molar refractivity (Wildman–Crippen MR) is 83.4 cm³/mol. The van der Waals surface area contributed by atoms with Crippen LogP contribution >= 0.6 is 0 Å².